The number of Topliss-reactive ketones (excluding diaryl/α,β-unsaturated/α-hetero) is 4. The van der Waals surface area contributed by atoms with Gasteiger partial charge in [0.05, 0.1) is 12.8 Å². The van der Waals surface area contributed by atoms with Crippen LogP contribution in [0.15, 0.2) is 9.32 Å². The van der Waals surface area contributed by atoms with E-state index in [-0.39, 0.29) is 0 Å². The molecule has 0 N–H and O–H groups in total. The van der Waals surface area contributed by atoms with Gasteiger partial charge in [0.2, 0.25) is 12.2 Å². The van der Waals surface area contributed by atoms with Crippen LogP contribution in [0.3, 0.4) is 0 Å². The molecule has 0 rings (SSSR count). The lowest BCUT2D eigenvalue weighted by atomic mass is 10.2. The van der Waals surface area contributed by atoms with E-state index < -0.39 is 56.5 Å². The van der Waals surface area contributed by atoms with Crippen molar-refractivity contribution >= 4 is 43.7 Å². The Bertz CT molecular complexity index is 508. The maximum Gasteiger partial charge on any atom is 0.345 e. The Hall–Kier alpha value is -2.34. The Morgan fingerprint density at radius 2 is 1.14 bits per heavy atom. The zero-order valence-corrected chi connectivity index (χ0v) is 12.7. The van der Waals surface area contributed by atoms with Gasteiger partial charge in [0.15, 0.2) is 0 Å². The van der Waals surface area contributed by atoms with Crippen molar-refractivity contribution in [1.29, 1.82) is 0 Å². The SMILES string of the molecule is CC(=O)CC(=O)C[Si](CC(=O)CC(C)=O)(N=C=O)N=C=O. The molecule has 0 saturated heterocycles. The van der Waals surface area contributed by atoms with E-state index >= 15 is 0 Å². The van der Waals surface area contributed by atoms with E-state index in [1.807, 2.05) is 0 Å². The van der Waals surface area contributed by atoms with E-state index in [4.69, 9.17) is 0 Å². The molecule has 0 amide bonds. The van der Waals surface area contributed by atoms with Gasteiger partial charge >= 0.3 is 8.40 Å². The zero-order chi connectivity index (χ0) is 16.5. The molecule has 0 aliphatic rings. The van der Waals surface area contributed by atoms with E-state index in [0.717, 1.165) is 0 Å². The molecule has 0 aromatic rings. The number of isocyanates is 2. The normalized spacial score (nSPS) is 10.0. The van der Waals surface area contributed by atoms with Gasteiger partial charge in [-0.1, -0.05) is 0 Å². The van der Waals surface area contributed by atoms with Gasteiger partial charge in [0.1, 0.15) is 23.1 Å². The van der Waals surface area contributed by atoms with Gasteiger partial charge in [-0.15, -0.1) is 0 Å². The van der Waals surface area contributed by atoms with Crippen molar-refractivity contribution in [3.63, 3.8) is 0 Å². The third-order valence-corrected chi connectivity index (χ3v) is 5.30. The summed E-state index contributed by atoms with van der Waals surface area (Å²) in [5.74, 6) is -1.96. The van der Waals surface area contributed by atoms with Gasteiger partial charge in [-0.2, -0.15) is 0 Å². The summed E-state index contributed by atoms with van der Waals surface area (Å²) in [4.78, 5) is 66.1. The highest BCUT2D eigenvalue weighted by Gasteiger charge is 2.40. The van der Waals surface area contributed by atoms with Crippen molar-refractivity contribution in [2.45, 2.75) is 38.8 Å². The molecule has 21 heavy (non-hydrogen) atoms. The van der Waals surface area contributed by atoms with Crippen molar-refractivity contribution in [2.75, 3.05) is 0 Å². The molecule has 0 saturated carbocycles. The highest BCUT2D eigenvalue weighted by molar-refractivity contribution is 6.82. The first-order valence-electron chi connectivity index (χ1n) is 5.95. The average Bonchev–Trinajstić information content (AvgIpc) is 2.26. The van der Waals surface area contributed by atoms with Gasteiger partial charge in [0.25, 0.3) is 0 Å². The lowest BCUT2D eigenvalue weighted by Crippen LogP contribution is -2.36. The summed E-state index contributed by atoms with van der Waals surface area (Å²) < 4.78 is 6.76. The number of carbonyl (C=O) groups excluding carboxylic acids is 6. The lowest BCUT2D eigenvalue weighted by Gasteiger charge is -2.16. The molecular weight excluding hydrogens is 296 g/mol. The van der Waals surface area contributed by atoms with E-state index in [1.165, 1.54) is 26.0 Å². The molecule has 0 aromatic carbocycles. The van der Waals surface area contributed by atoms with Crippen LogP contribution in [0, 0.1) is 0 Å². The second-order valence-electron chi connectivity index (χ2n) is 4.58. The summed E-state index contributed by atoms with van der Waals surface area (Å²) in [7, 11) is -3.66. The molecule has 0 unspecified atom stereocenters. The quantitative estimate of drug-likeness (QED) is 0.245. The van der Waals surface area contributed by atoms with Crippen LogP contribution >= 0.6 is 0 Å². The van der Waals surface area contributed by atoms with Crippen molar-refractivity contribution in [2.24, 2.45) is 9.32 Å². The van der Waals surface area contributed by atoms with Crippen LogP contribution in [0.4, 0.5) is 0 Å². The number of rotatable bonds is 10. The molecule has 0 bridgehead atoms. The van der Waals surface area contributed by atoms with Gasteiger partial charge in [0, 0.05) is 12.1 Å². The van der Waals surface area contributed by atoms with Crippen LogP contribution < -0.4 is 0 Å². The Balaban J connectivity index is 5.34. The van der Waals surface area contributed by atoms with Gasteiger partial charge in [-0.05, 0) is 13.8 Å². The predicted molar refractivity (Wildman–Crippen MR) is 72.2 cm³/mol. The number of nitrogens with zero attached hydrogens (tertiary/aromatic N) is 2. The third kappa shape index (κ3) is 7.73. The van der Waals surface area contributed by atoms with E-state index in [0.29, 0.717) is 0 Å². The molecule has 9 heteroatoms. The molecule has 0 heterocycles. The minimum absolute atomic E-state index is 0.400. The minimum atomic E-state index is -3.66. The Morgan fingerprint density at radius 3 is 1.38 bits per heavy atom. The van der Waals surface area contributed by atoms with E-state index in [9.17, 15) is 28.8 Å². The Morgan fingerprint density at radius 1 is 0.810 bits per heavy atom. The molecule has 0 spiro atoms. The van der Waals surface area contributed by atoms with Crippen molar-refractivity contribution in [3.8, 4) is 0 Å². The summed E-state index contributed by atoms with van der Waals surface area (Å²) in [6.07, 6.45) is 1.59. The first kappa shape index (κ1) is 18.7. The van der Waals surface area contributed by atoms with Gasteiger partial charge in [-0.25, -0.2) is 18.9 Å². The van der Waals surface area contributed by atoms with Crippen LogP contribution in [0.5, 0.6) is 0 Å². The maximum atomic E-state index is 11.7. The first-order valence-corrected chi connectivity index (χ1v) is 8.26. The number of hydrogen-bond donors (Lipinski definition) is 0. The Labute approximate surface area is 121 Å². The largest absolute Gasteiger partial charge is 0.345 e. The molecule has 0 aliphatic carbocycles. The summed E-state index contributed by atoms with van der Waals surface area (Å²) >= 11 is 0. The van der Waals surface area contributed by atoms with E-state index in [1.54, 1.807) is 0 Å². The molecule has 0 atom stereocenters. The molecule has 0 aromatic heterocycles. The number of carbonyl (C=O) groups is 4. The third-order valence-electron chi connectivity index (χ3n) is 2.36. The topological polar surface area (TPSA) is 127 Å². The monoisotopic (exact) mass is 310 g/mol. The molecule has 0 radical (unpaired) electrons. The lowest BCUT2D eigenvalue weighted by molar-refractivity contribution is -0.126. The molecule has 112 valence electrons. The van der Waals surface area contributed by atoms with Crippen LogP contribution in [-0.2, 0) is 28.8 Å². The van der Waals surface area contributed by atoms with Crippen molar-refractivity contribution < 1.29 is 28.8 Å². The highest BCUT2D eigenvalue weighted by Crippen LogP contribution is 2.21. The van der Waals surface area contributed by atoms with Crippen molar-refractivity contribution in [3.05, 3.63) is 0 Å². The van der Waals surface area contributed by atoms with Crippen LogP contribution in [0.2, 0.25) is 12.1 Å². The fourth-order valence-electron chi connectivity index (χ4n) is 1.73. The standard InChI is InChI=1S/C12H14N2O6Si/c1-9(17)3-11(19)5-21(13-7-15,14-8-16)6-12(20)4-10(2)18/h3-6H2,1-2H3. The minimum Gasteiger partial charge on any atom is -0.300 e. The van der Waals surface area contributed by atoms with Crippen molar-refractivity contribution in [1.82, 2.24) is 0 Å². The summed E-state index contributed by atoms with van der Waals surface area (Å²) in [6.45, 7) is 2.40. The van der Waals surface area contributed by atoms with E-state index in [2.05, 4.69) is 9.32 Å². The average molecular weight is 310 g/mol. The molecule has 0 aliphatic heterocycles. The van der Waals surface area contributed by atoms with Gasteiger partial charge in [-0.3, -0.25) is 19.2 Å². The fraction of sp³-hybridized carbons (Fsp3) is 0.500. The van der Waals surface area contributed by atoms with Crippen LogP contribution in [0.25, 0.3) is 0 Å². The molecular formula is C12H14N2O6Si. The maximum absolute atomic E-state index is 11.7. The first-order chi connectivity index (χ1) is 9.74. The number of ketones is 4. The second-order valence-corrected chi connectivity index (χ2v) is 7.70. The smallest absolute Gasteiger partial charge is 0.300 e. The number of hydrogen-bond acceptors (Lipinski definition) is 8. The summed E-state index contributed by atoms with van der Waals surface area (Å²) in [5.41, 5.74) is 0. The molecule has 8 nitrogen and oxygen atoms in total. The summed E-state index contributed by atoms with van der Waals surface area (Å²) in [6, 6.07) is -0.915. The summed E-state index contributed by atoms with van der Waals surface area (Å²) in [5, 5.41) is 0. The second kappa shape index (κ2) is 8.75. The van der Waals surface area contributed by atoms with Crippen LogP contribution in [-0.4, -0.2) is 43.7 Å². The zero-order valence-electron chi connectivity index (χ0n) is 11.7. The Kier molecular flexibility index (Phi) is 7.78. The predicted octanol–water partition coefficient (Wildman–Crippen LogP) is 0.197. The van der Waals surface area contributed by atoms with Gasteiger partial charge < -0.3 is 0 Å². The fourth-order valence-corrected chi connectivity index (χ4v) is 4.07. The highest BCUT2D eigenvalue weighted by atomic mass is 28.3. The van der Waals surface area contributed by atoms with Crippen LogP contribution in [0.1, 0.15) is 26.7 Å². The molecule has 0 fully saturated rings.